The van der Waals surface area contributed by atoms with Gasteiger partial charge < -0.3 is 18.8 Å². The van der Waals surface area contributed by atoms with E-state index >= 15 is 0 Å². The van der Waals surface area contributed by atoms with E-state index in [4.69, 9.17) is 9.47 Å². The van der Waals surface area contributed by atoms with E-state index in [9.17, 15) is 4.79 Å². The average Bonchev–Trinajstić information content (AvgIpc) is 3.06. The molecule has 31 heavy (non-hydrogen) atoms. The fraction of sp³-hybridized carbons (Fsp3) is 0.417. The Hall–Kier alpha value is -3.06. The third-order valence-electron chi connectivity index (χ3n) is 5.96. The fourth-order valence-electron chi connectivity index (χ4n) is 4.22. The first-order chi connectivity index (χ1) is 15.2. The van der Waals surface area contributed by atoms with Crippen LogP contribution >= 0.6 is 0 Å². The lowest BCUT2D eigenvalue weighted by atomic mass is 10.1. The van der Waals surface area contributed by atoms with E-state index in [1.165, 1.54) is 0 Å². The lowest BCUT2D eigenvalue weighted by molar-refractivity contribution is -0.133. The highest BCUT2D eigenvalue weighted by Gasteiger charge is 2.22. The molecule has 0 aliphatic carbocycles. The number of piperazine rings is 1. The summed E-state index contributed by atoms with van der Waals surface area (Å²) in [5.41, 5.74) is 3.16. The molecule has 2 aliphatic heterocycles. The van der Waals surface area contributed by atoms with Gasteiger partial charge >= 0.3 is 0 Å². The Labute approximate surface area is 182 Å². The number of nitrogens with zero attached hydrogens (tertiary/aromatic N) is 4. The van der Waals surface area contributed by atoms with Crippen LogP contribution in [0.25, 0.3) is 5.65 Å². The van der Waals surface area contributed by atoms with Crippen molar-refractivity contribution in [1.29, 1.82) is 0 Å². The minimum absolute atomic E-state index is 0.222. The second-order valence-electron chi connectivity index (χ2n) is 8.19. The number of ether oxygens (including phenoxy) is 2. The molecule has 1 amide bonds. The zero-order valence-corrected chi connectivity index (χ0v) is 17.7. The number of aryl methyl sites for hydroxylation is 1. The van der Waals surface area contributed by atoms with E-state index in [-0.39, 0.29) is 5.91 Å². The molecule has 0 atom stereocenters. The molecule has 1 aromatic carbocycles. The number of hydrogen-bond donors (Lipinski definition) is 0. The maximum absolute atomic E-state index is 12.7. The zero-order valence-electron chi connectivity index (χ0n) is 17.7. The summed E-state index contributed by atoms with van der Waals surface area (Å²) >= 11 is 0. The molecule has 162 valence electrons. The van der Waals surface area contributed by atoms with Gasteiger partial charge in [-0.2, -0.15) is 0 Å². The maximum atomic E-state index is 12.7. The van der Waals surface area contributed by atoms with E-state index < -0.39 is 0 Å². The van der Waals surface area contributed by atoms with Crippen molar-refractivity contribution < 1.29 is 14.3 Å². The Morgan fingerprint density at radius 2 is 1.84 bits per heavy atom. The Morgan fingerprint density at radius 1 is 1.00 bits per heavy atom. The summed E-state index contributed by atoms with van der Waals surface area (Å²) in [5.74, 6) is 1.82. The number of benzene rings is 1. The van der Waals surface area contributed by atoms with Crippen LogP contribution < -0.4 is 9.47 Å². The first-order valence-electron chi connectivity index (χ1n) is 11.1. The number of carbonyl (C=O) groups excluding carboxylic acids is 1. The van der Waals surface area contributed by atoms with Gasteiger partial charge in [-0.25, -0.2) is 4.98 Å². The molecule has 1 fully saturated rings. The molecule has 7 heteroatoms. The van der Waals surface area contributed by atoms with E-state index in [2.05, 4.69) is 20.5 Å². The number of imidazole rings is 1. The van der Waals surface area contributed by atoms with Crippen LogP contribution in [0.1, 0.15) is 24.1 Å². The zero-order chi connectivity index (χ0) is 21.0. The van der Waals surface area contributed by atoms with Gasteiger partial charge in [-0.15, -0.1) is 0 Å². The first-order valence-corrected chi connectivity index (χ1v) is 11.1. The predicted octanol–water partition coefficient (Wildman–Crippen LogP) is 2.77. The van der Waals surface area contributed by atoms with Crippen molar-refractivity contribution in [2.24, 2.45) is 0 Å². The molecule has 3 aromatic rings. The van der Waals surface area contributed by atoms with Crippen LogP contribution in [0.4, 0.5) is 0 Å². The molecule has 1 saturated heterocycles. The topological polar surface area (TPSA) is 59.3 Å². The van der Waals surface area contributed by atoms with E-state index in [1.54, 1.807) is 0 Å². The highest BCUT2D eigenvalue weighted by Crippen LogP contribution is 2.30. The summed E-state index contributed by atoms with van der Waals surface area (Å²) in [7, 11) is 0. The molecule has 5 rings (SSSR count). The molecule has 0 saturated carbocycles. The predicted molar refractivity (Wildman–Crippen MR) is 117 cm³/mol. The smallest absolute Gasteiger partial charge is 0.222 e. The molecule has 2 aliphatic rings. The second kappa shape index (κ2) is 8.98. The minimum atomic E-state index is 0.222. The van der Waals surface area contributed by atoms with Crippen molar-refractivity contribution in [3.8, 4) is 11.5 Å². The summed E-state index contributed by atoms with van der Waals surface area (Å²) in [4.78, 5) is 21.8. The Morgan fingerprint density at radius 3 is 2.68 bits per heavy atom. The van der Waals surface area contributed by atoms with Crippen LogP contribution in [0.2, 0.25) is 0 Å². The van der Waals surface area contributed by atoms with E-state index in [0.29, 0.717) is 19.6 Å². The largest absolute Gasteiger partial charge is 0.490 e. The van der Waals surface area contributed by atoms with Crippen molar-refractivity contribution >= 4 is 11.6 Å². The molecule has 2 aromatic heterocycles. The van der Waals surface area contributed by atoms with Gasteiger partial charge in [-0.3, -0.25) is 9.69 Å². The molecular formula is C24H28N4O3. The highest BCUT2D eigenvalue weighted by atomic mass is 16.5. The number of pyridine rings is 1. The Balaban J connectivity index is 1.10. The van der Waals surface area contributed by atoms with Gasteiger partial charge in [-0.05, 0) is 36.2 Å². The number of rotatable bonds is 5. The van der Waals surface area contributed by atoms with Gasteiger partial charge in [0.1, 0.15) is 5.65 Å². The lowest BCUT2D eigenvalue weighted by Gasteiger charge is -2.34. The van der Waals surface area contributed by atoms with Crippen LogP contribution in [0.3, 0.4) is 0 Å². The van der Waals surface area contributed by atoms with Crippen molar-refractivity contribution in [3.05, 3.63) is 60.0 Å². The first kappa shape index (κ1) is 19.9. The standard InChI is InChI=1S/C24H28N4O3/c29-24(8-6-19-5-7-21-22(16-19)31-15-3-14-30-21)27-12-10-26(11-13-27)17-20-18-28-9-2-1-4-23(28)25-20/h1-2,4-5,7,9,16,18H,3,6,8,10-15,17H2. The number of amides is 1. The van der Waals surface area contributed by atoms with E-state index in [0.717, 1.165) is 74.0 Å². The third kappa shape index (κ3) is 4.66. The number of hydrogen-bond acceptors (Lipinski definition) is 5. The summed E-state index contributed by atoms with van der Waals surface area (Å²) < 4.78 is 13.5. The molecule has 0 radical (unpaired) electrons. The van der Waals surface area contributed by atoms with Gasteiger partial charge in [0.2, 0.25) is 5.91 Å². The van der Waals surface area contributed by atoms with Crippen LogP contribution in [0, 0.1) is 0 Å². The van der Waals surface area contributed by atoms with Crippen molar-refractivity contribution in [2.75, 3.05) is 39.4 Å². The van der Waals surface area contributed by atoms with E-state index in [1.807, 2.05) is 47.5 Å². The molecular weight excluding hydrogens is 392 g/mol. The molecule has 0 bridgehead atoms. The van der Waals surface area contributed by atoms with Crippen LogP contribution in [-0.2, 0) is 17.8 Å². The number of fused-ring (bicyclic) bond motifs is 2. The molecule has 0 N–H and O–H groups in total. The highest BCUT2D eigenvalue weighted by molar-refractivity contribution is 5.76. The van der Waals surface area contributed by atoms with Gasteiger partial charge in [0.25, 0.3) is 0 Å². The fourth-order valence-corrected chi connectivity index (χ4v) is 4.22. The van der Waals surface area contributed by atoms with Gasteiger partial charge in [-0.1, -0.05) is 12.1 Å². The minimum Gasteiger partial charge on any atom is -0.490 e. The lowest BCUT2D eigenvalue weighted by Crippen LogP contribution is -2.48. The molecule has 7 nitrogen and oxygen atoms in total. The van der Waals surface area contributed by atoms with Gasteiger partial charge in [0, 0.05) is 58.0 Å². The summed E-state index contributed by atoms with van der Waals surface area (Å²) in [6.45, 7) is 5.48. The van der Waals surface area contributed by atoms with Crippen LogP contribution in [0.5, 0.6) is 11.5 Å². The third-order valence-corrected chi connectivity index (χ3v) is 5.96. The SMILES string of the molecule is O=C(CCc1ccc2c(c1)OCCCO2)N1CCN(Cc2cn3ccccc3n2)CC1. The van der Waals surface area contributed by atoms with Gasteiger partial charge in [0.15, 0.2) is 11.5 Å². The van der Waals surface area contributed by atoms with Crippen LogP contribution in [0.15, 0.2) is 48.8 Å². The Kier molecular flexibility index (Phi) is 5.76. The van der Waals surface area contributed by atoms with Crippen molar-refractivity contribution in [3.63, 3.8) is 0 Å². The monoisotopic (exact) mass is 420 g/mol. The number of carbonyl (C=O) groups is 1. The molecule has 0 unspecified atom stereocenters. The van der Waals surface area contributed by atoms with Crippen LogP contribution in [-0.4, -0.2) is 64.5 Å². The molecule has 4 heterocycles. The Bertz CT molecular complexity index is 1020. The van der Waals surface area contributed by atoms with Crippen molar-refractivity contribution in [2.45, 2.75) is 25.8 Å². The summed E-state index contributed by atoms with van der Waals surface area (Å²) in [6.07, 6.45) is 6.24. The van der Waals surface area contributed by atoms with Gasteiger partial charge in [0.05, 0.1) is 18.9 Å². The average molecular weight is 421 g/mol. The maximum Gasteiger partial charge on any atom is 0.222 e. The van der Waals surface area contributed by atoms with Crippen molar-refractivity contribution in [1.82, 2.24) is 19.2 Å². The normalized spacial score (nSPS) is 17.0. The second-order valence-corrected chi connectivity index (χ2v) is 8.19. The summed E-state index contributed by atoms with van der Waals surface area (Å²) in [6, 6.07) is 12.0. The number of aromatic nitrogens is 2. The quantitative estimate of drug-likeness (QED) is 0.635. The molecule has 0 spiro atoms. The summed E-state index contributed by atoms with van der Waals surface area (Å²) in [5, 5.41) is 0.